The number of benzene rings is 1. The van der Waals surface area contributed by atoms with E-state index in [0.717, 1.165) is 5.56 Å². The third kappa shape index (κ3) is 2.43. The average molecular weight is 241 g/mol. The Bertz CT molecular complexity index is 603. The fourth-order valence-corrected chi connectivity index (χ4v) is 1.60. The van der Waals surface area contributed by atoms with Gasteiger partial charge in [-0.25, -0.2) is 4.79 Å². The summed E-state index contributed by atoms with van der Waals surface area (Å²) in [4.78, 5) is 26.1. The van der Waals surface area contributed by atoms with Gasteiger partial charge in [0.2, 0.25) is 0 Å². The molecular weight excluding hydrogens is 230 g/mol. The van der Waals surface area contributed by atoms with Gasteiger partial charge in [-0.15, -0.1) is 0 Å². The summed E-state index contributed by atoms with van der Waals surface area (Å²) < 4.78 is 0. The van der Waals surface area contributed by atoms with E-state index < -0.39 is 5.97 Å². The molecule has 0 amide bonds. The van der Waals surface area contributed by atoms with Crippen LogP contribution in [0.1, 0.15) is 27.6 Å². The number of Topliss-reactive ketones (excluding diaryl/α,β-unsaturated/α-hetero) is 1. The van der Waals surface area contributed by atoms with Crippen LogP contribution in [0.2, 0.25) is 0 Å². The Morgan fingerprint density at radius 2 is 1.72 bits per heavy atom. The first kappa shape index (κ1) is 12.0. The Kier molecular flexibility index (Phi) is 3.19. The molecule has 1 heterocycles. The van der Waals surface area contributed by atoms with Crippen molar-refractivity contribution in [2.24, 2.45) is 0 Å². The molecule has 0 aliphatic heterocycles. The number of aromatic nitrogens is 1. The van der Waals surface area contributed by atoms with Crippen LogP contribution in [0.3, 0.4) is 0 Å². The number of carboxylic acid groups (broad SMARTS) is 1. The molecule has 0 saturated heterocycles. The Balaban J connectivity index is 2.39. The number of aromatic carboxylic acids is 1. The lowest BCUT2D eigenvalue weighted by atomic mass is 10.1. The summed E-state index contributed by atoms with van der Waals surface area (Å²) in [6, 6.07) is 9.86. The molecule has 18 heavy (non-hydrogen) atoms. The van der Waals surface area contributed by atoms with E-state index in [1.54, 1.807) is 24.3 Å². The normalized spacial score (nSPS) is 10.1. The van der Waals surface area contributed by atoms with E-state index in [1.165, 1.54) is 25.3 Å². The van der Waals surface area contributed by atoms with Gasteiger partial charge in [0.1, 0.15) is 0 Å². The van der Waals surface area contributed by atoms with Gasteiger partial charge in [0.15, 0.2) is 5.78 Å². The highest BCUT2D eigenvalue weighted by Crippen LogP contribution is 2.18. The Labute approximate surface area is 104 Å². The molecule has 0 unspecified atom stereocenters. The summed E-state index contributed by atoms with van der Waals surface area (Å²) in [5.74, 6) is -0.993. The van der Waals surface area contributed by atoms with Gasteiger partial charge < -0.3 is 5.11 Å². The highest BCUT2D eigenvalue weighted by molar-refractivity contribution is 5.94. The minimum atomic E-state index is -0.987. The zero-order chi connectivity index (χ0) is 13.1. The number of pyridine rings is 1. The van der Waals surface area contributed by atoms with Gasteiger partial charge in [-0.05, 0) is 19.1 Å². The second-order valence-electron chi connectivity index (χ2n) is 3.87. The van der Waals surface area contributed by atoms with Crippen molar-refractivity contribution in [2.45, 2.75) is 6.92 Å². The number of hydrogen-bond donors (Lipinski definition) is 1. The van der Waals surface area contributed by atoms with Gasteiger partial charge in [-0.3, -0.25) is 9.78 Å². The highest BCUT2D eigenvalue weighted by atomic mass is 16.4. The van der Waals surface area contributed by atoms with Crippen molar-refractivity contribution in [3.05, 3.63) is 53.7 Å². The molecule has 0 bridgehead atoms. The van der Waals surface area contributed by atoms with Crippen LogP contribution in [0.25, 0.3) is 11.3 Å². The first-order chi connectivity index (χ1) is 8.58. The molecular formula is C14H11NO3. The number of carbonyl (C=O) groups excluding carboxylic acids is 1. The number of carboxylic acids is 1. The van der Waals surface area contributed by atoms with Gasteiger partial charge in [-0.1, -0.05) is 24.3 Å². The molecule has 0 saturated carbocycles. The summed E-state index contributed by atoms with van der Waals surface area (Å²) >= 11 is 0. The standard InChI is InChI=1S/C14H11NO3/c1-9(16)10-2-4-11(5-3-10)13-8-12(14(17)18)6-7-15-13/h2-8H,1H3,(H,17,18). The minimum absolute atomic E-state index is 0.00574. The van der Waals surface area contributed by atoms with Crippen molar-refractivity contribution in [3.8, 4) is 11.3 Å². The van der Waals surface area contributed by atoms with Crippen LogP contribution in [-0.4, -0.2) is 21.8 Å². The van der Waals surface area contributed by atoms with E-state index in [4.69, 9.17) is 5.11 Å². The first-order valence-corrected chi connectivity index (χ1v) is 5.38. The van der Waals surface area contributed by atoms with Crippen molar-refractivity contribution in [2.75, 3.05) is 0 Å². The molecule has 2 aromatic rings. The zero-order valence-electron chi connectivity index (χ0n) is 9.75. The van der Waals surface area contributed by atoms with Crippen molar-refractivity contribution >= 4 is 11.8 Å². The quantitative estimate of drug-likeness (QED) is 0.839. The van der Waals surface area contributed by atoms with Gasteiger partial charge in [0.25, 0.3) is 0 Å². The molecule has 0 aliphatic rings. The monoisotopic (exact) mass is 241 g/mol. The van der Waals surface area contributed by atoms with E-state index in [2.05, 4.69) is 4.98 Å². The van der Waals surface area contributed by atoms with Crippen LogP contribution < -0.4 is 0 Å². The van der Waals surface area contributed by atoms with Gasteiger partial charge in [-0.2, -0.15) is 0 Å². The largest absolute Gasteiger partial charge is 0.478 e. The Morgan fingerprint density at radius 1 is 1.06 bits per heavy atom. The number of carbonyl (C=O) groups is 2. The maximum Gasteiger partial charge on any atom is 0.335 e. The van der Waals surface area contributed by atoms with Crippen molar-refractivity contribution in [1.29, 1.82) is 0 Å². The topological polar surface area (TPSA) is 67.3 Å². The van der Waals surface area contributed by atoms with E-state index in [0.29, 0.717) is 11.3 Å². The lowest BCUT2D eigenvalue weighted by molar-refractivity contribution is 0.0696. The van der Waals surface area contributed by atoms with E-state index in [9.17, 15) is 9.59 Å². The van der Waals surface area contributed by atoms with Crippen LogP contribution in [0, 0.1) is 0 Å². The average Bonchev–Trinajstić information content (AvgIpc) is 2.39. The van der Waals surface area contributed by atoms with Gasteiger partial charge >= 0.3 is 5.97 Å². The van der Waals surface area contributed by atoms with Crippen LogP contribution in [0.15, 0.2) is 42.6 Å². The maximum atomic E-state index is 11.1. The molecule has 0 radical (unpaired) electrons. The lowest BCUT2D eigenvalue weighted by Gasteiger charge is -2.03. The molecule has 0 atom stereocenters. The van der Waals surface area contributed by atoms with Gasteiger partial charge in [0, 0.05) is 17.3 Å². The molecule has 90 valence electrons. The number of nitrogens with zero attached hydrogens (tertiary/aromatic N) is 1. The van der Waals surface area contributed by atoms with E-state index in [-0.39, 0.29) is 11.3 Å². The number of ketones is 1. The zero-order valence-corrected chi connectivity index (χ0v) is 9.75. The smallest absolute Gasteiger partial charge is 0.335 e. The SMILES string of the molecule is CC(=O)c1ccc(-c2cc(C(=O)O)ccn2)cc1. The fourth-order valence-electron chi connectivity index (χ4n) is 1.60. The van der Waals surface area contributed by atoms with Crippen LogP contribution in [0.4, 0.5) is 0 Å². The molecule has 4 nitrogen and oxygen atoms in total. The third-order valence-corrected chi connectivity index (χ3v) is 2.59. The first-order valence-electron chi connectivity index (χ1n) is 5.38. The van der Waals surface area contributed by atoms with Crippen LogP contribution in [0.5, 0.6) is 0 Å². The summed E-state index contributed by atoms with van der Waals surface area (Å²) in [5, 5.41) is 8.90. The summed E-state index contributed by atoms with van der Waals surface area (Å²) in [6.07, 6.45) is 1.46. The van der Waals surface area contributed by atoms with Crippen molar-refractivity contribution in [3.63, 3.8) is 0 Å². The summed E-state index contributed by atoms with van der Waals surface area (Å²) in [7, 11) is 0. The highest BCUT2D eigenvalue weighted by Gasteiger charge is 2.06. The third-order valence-electron chi connectivity index (χ3n) is 2.59. The minimum Gasteiger partial charge on any atom is -0.478 e. The second-order valence-corrected chi connectivity index (χ2v) is 3.87. The van der Waals surface area contributed by atoms with Crippen molar-refractivity contribution < 1.29 is 14.7 Å². The Morgan fingerprint density at radius 3 is 2.28 bits per heavy atom. The molecule has 1 aromatic heterocycles. The van der Waals surface area contributed by atoms with Crippen molar-refractivity contribution in [1.82, 2.24) is 4.98 Å². The Hall–Kier alpha value is -2.49. The predicted molar refractivity (Wildman–Crippen MR) is 66.6 cm³/mol. The van der Waals surface area contributed by atoms with E-state index >= 15 is 0 Å². The molecule has 1 N–H and O–H groups in total. The molecule has 4 heteroatoms. The van der Waals surface area contributed by atoms with Gasteiger partial charge in [0.05, 0.1) is 11.3 Å². The van der Waals surface area contributed by atoms with Crippen LogP contribution >= 0.6 is 0 Å². The maximum absolute atomic E-state index is 11.1. The fraction of sp³-hybridized carbons (Fsp3) is 0.0714. The second kappa shape index (κ2) is 4.79. The van der Waals surface area contributed by atoms with E-state index in [1.807, 2.05) is 0 Å². The van der Waals surface area contributed by atoms with Crippen LogP contribution in [-0.2, 0) is 0 Å². The number of hydrogen-bond acceptors (Lipinski definition) is 3. The summed E-state index contributed by atoms with van der Waals surface area (Å²) in [5.41, 5.74) is 2.16. The molecule has 0 spiro atoms. The summed E-state index contributed by atoms with van der Waals surface area (Å²) in [6.45, 7) is 1.50. The molecule has 1 aromatic carbocycles. The molecule has 2 rings (SSSR count). The predicted octanol–water partition coefficient (Wildman–Crippen LogP) is 2.65. The molecule has 0 aliphatic carbocycles. The molecule has 0 fully saturated rings. The lowest BCUT2D eigenvalue weighted by Crippen LogP contribution is -1.97. The number of rotatable bonds is 3.